The molecule has 8 heteroatoms. The number of aromatic nitrogens is 1. The summed E-state index contributed by atoms with van der Waals surface area (Å²) in [6, 6.07) is 0.0361. The number of hydrogen-bond donors (Lipinski definition) is 2. The minimum absolute atomic E-state index is 0.0361. The number of sulfone groups is 1. The van der Waals surface area contributed by atoms with Crippen molar-refractivity contribution in [1.82, 2.24) is 15.6 Å². The minimum atomic E-state index is -2.92. The average Bonchev–Trinajstić information content (AvgIpc) is 2.77. The molecule has 0 fully saturated rings. The van der Waals surface area contributed by atoms with Gasteiger partial charge in [-0.1, -0.05) is 0 Å². The third-order valence-electron chi connectivity index (χ3n) is 2.60. The first-order valence-electron chi connectivity index (χ1n) is 6.36. The first-order chi connectivity index (χ1) is 9.30. The first-order valence-corrected chi connectivity index (χ1v) is 9.24. The maximum Gasteiger partial charge on any atom is 0.191 e. The van der Waals surface area contributed by atoms with E-state index in [-0.39, 0.29) is 11.8 Å². The van der Waals surface area contributed by atoms with E-state index in [0.29, 0.717) is 18.9 Å². The molecule has 0 aliphatic carbocycles. The van der Waals surface area contributed by atoms with Crippen LogP contribution in [0.3, 0.4) is 0 Å². The van der Waals surface area contributed by atoms with Crippen molar-refractivity contribution in [2.45, 2.75) is 32.9 Å². The first kappa shape index (κ1) is 16.9. The van der Waals surface area contributed by atoms with Crippen molar-refractivity contribution in [2.75, 3.05) is 19.1 Å². The van der Waals surface area contributed by atoms with Gasteiger partial charge in [0.1, 0.15) is 14.8 Å². The second-order valence-electron chi connectivity index (χ2n) is 4.75. The SMILES string of the molecule is CN=C(NCc1ncc(C)s1)NC(C)CCS(C)(=O)=O. The summed E-state index contributed by atoms with van der Waals surface area (Å²) < 4.78 is 22.2. The molecule has 0 bridgehead atoms. The molecule has 1 aromatic rings. The fourth-order valence-electron chi connectivity index (χ4n) is 1.53. The fourth-order valence-corrected chi connectivity index (χ4v) is 3.04. The Morgan fingerprint density at radius 2 is 2.25 bits per heavy atom. The molecule has 1 rings (SSSR count). The Balaban J connectivity index is 2.39. The standard InChI is InChI=1S/C12H22N4O2S2/c1-9(5-6-20(4,17)18)16-12(13-3)15-8-11-14-7-10(2)19-11/h7,9H,5-6,8H2,1-4H3,(H2,13,15,16). The Hall–Kier alpha value is -1.15. The highest BCUT2D eigenvalue weighted by molar-refractivity contribution is 7.90. The molecule has 1 atom stereocenters. The van der Waals surface area contributed by atoms with Crippen molar-refractivity contribution in [2.24, 2.45) is 4.99 Å². The quantitative estimate of drug-likeness (QED) is 0.602. The van der Waals surface area contributed by atoms with E-state index in [1.54, 1.807) is 18.4 Å². The smallest absolute Gasteiger partial charge is 0.191 e. The van der Waals surface area contributed by atoms with Gasteiger partial charge in [-0.25, -0.2) is 13.4 Å². The van der Waals surface area contributed by atoms with Gasteiger partial charge < -0.3 is 10.6 Å². The van der Waals surface area contributed by atoms with E-state index in [1.807, 2.05) is 20.0 Å². The maximum absolute atomic E-state index is 11.1. The topological polar surface area (TPSA) is 83.4 Å². The number of nitrogens with zero attached hydrogens (tertiary/aromatic N) is 2. The van der Waals surface area contributed by atoms with Gasteiger partial charge in [0.05, 0.1) is 12.3 Å². The van der Waals surface area contributed by atoms with Crippen LogP contribution in [0.2, 0.25) is 0 Å². The lowest BCUT2D eigenvalue weighted by Gasteiger charge is -2.17. The number of aliphatic imine (C=N–C) groups is 1. The third kappa shape index (κ3) is 6.85. The average molecular weight is 318 g/mol. The summed E-state index contributed by atoms with van der Waals surface area (Å²) in [5.74, 6) is 0.822. The van der Waals surface area contributed by atoms with Crippen LogP contribution in [0, 0.1) is 6.92 Å². The van der Waals surface area contributed by atoms with Gasteiger partial charge in [-0.05, 0) is 20.3 Å². The summed E-state index contributed by atoms with van der Waals surface area (Å²) in [5.41, 5.74) is 0. The number of thiazole rings is 1. The highest BCUT2D eigenvalue weighted by Gasteiger charge is 2.09. The Morgan fingerprint density at radius 1 is 1.55 bits per heavy atom. The number of rotatable bonds is 6. The molecule has 1 heterocycles. The molecule has 0 aliphatic rings. The van der Waals surface area contributed by atoms with Crippen LogP contribution in [0.5, 0.6) is 0 Å². The van der Waals surface area contributed by atoms with Gasteiger partial charge in [0.2, 0.25) is 0 Å². The maximum atomic E-state index is 11.1. The Kier molecular flexibility index (Phi) is 6.41. The molecule has 0 aromatic carbocycles. The summed E-state index contributed by atoms with van der Waals surface area (Å²) in [4.78, 5) is 9.55. The van der Waals surface area contributed by atoms with Gasteiger partial charge in [0.25, 0.3) is 0 Å². The molecule has 114 valence electrons. The summed E-state index contributed by atoms with van der Waals surface area (Å²) in [7, 11) is -1.24. The van der Waals surface area contributed by atoms with Crippen LogP contribution in [0.25, 0.3) is 0 Å². The van der Waals surface area contributed by atoms with Crippen molar-refractivity contribution in [1.29, 1.82) is 0 Å². The van der Waals surface area contributed by atoms with Crippen LogP contribution in [0.1, 0.15) is 23.2 Å². The van der Waals surface area contributed by atoms with Crippen LogP contribution in [0.4, 0.5) is 0 Å². The number of hydrogen-bond acceptors (Lipinski definition) is 5. The third-order valence-corrected chi connectivity index (χ3v) is 4.49. The molecular weight excluding hydrogens is 296 g/mol. The predicted octanol–water partition coefficient (Wildman–Crippen LogP) is 0.940. The molecule has 0 saturated carbocycles. The Morgan fingerprint density at radius 3 is 2.75 bits per heavy atom. The van der Waals surface area contributed by atoms with Gasteiger partial charge in [-0.2, -0.15) is 0 Å². The van der Waals surface area contributed by atoms with E-state index >= 15 is 0 Å². The van der Waals surface area contributed by atoms with Crippen molar-refractivity contribution < 1.29 is 8.42 Å². The zero-order valence-corrected chi connectivity index (χ0v) is 13.9. The van der Waals surface area contributed by atoms with Crippen LogP contribution < -0.4 is 10.6 Å². The normalized spacial score (nSPS) is 14.1. The second kappa shape index (κ2) is 7.58. The summed E-state index contributed by atoms with van der Waals surface area (Å²) in [5, 5.41) is 7.33. The van der Waals surface area contributed by atoms with Crippen LogP contribution >= 0.6 is 11.3 Å². The molecule has 0 saturated heterocycles. The van der Waals surface area contributed by atoms with Gasteiger partial charge in [0, 0.05) is 30.4 Å². The molecule has 0 aliphatic heterocycles. The van der Waals surface area contributed by atoms with E-state index in [0.717, 1.165) is 5.01 Å². The lowest BCUT2D eigenvalue weighted by atomic mass is 10.3. The minimum Gasteiger partial charge on any atom is -0.354 e. The molecule has 1 unspecified atom stereocenters. The summed E-state index contributed by atoms with van der Waals surface area (Å²) in [6.07, 6.45) is 3.64. The number of aryl methyl sites for hydroxylation is 1. The van der Waals surface area contributed by atoms with E-state index < -0.39 is 9.84 Å². The summed E-state index contributed by atoms with van der Waals surface area (Å²) in [6.45, 7) is 4.56. The molecule has 0 radical (unpaired) electrons. The zero-order valence-electron chi connectivity index (χ0n) is 12.3. The predicted molar refractivity (Wildman–Crippen MR) is 84.0 cm³/mol. The molecule has 0 spiro atoms. The van der Waals surface area contributed by atoms with Crippen molar-refractivity contribution in [3.63, 3.8) is 0 Å². The molecular formula is C12H22N4O2S2. The zero-order chi connectivity index (χ0) is 15.2. The number of guanidine groups is 1. The van der Waals surface area contributed by atoms with E-state index in [1.165, 1.54) is 11.1 Å². The van der Waals surface area contributed by atoms with E-state index in [9.17, 15) is 8.42 Å². The van der Waals surface area contributed by atoms with Crippen LogP contribution in [0.15, 0.2) is 11.2 Å². The highest BCUT2D eigenvalue weighted by atomic mass is 32.2. The molecule has 0 amide bonds. The van der Waals surface area contributed by atoms with Crippen molar-refractivity contribution >= 4 is 27.1 Å². The molecule has 2 N–H and O–H groups in total. The molecule has 20 heavy (non-hydrogen) atoms. The highest BCUT2D eigenvalue weighted by Crippen LogP contribution is 2.10. The van der Waals surface area contributed by atoms with Crippen LogP contribution in [-0.4, -0.2) is 44.5 Å². The lowest BCUT2D eigenvalue weighted by Crippen LogP contribution is -2.42. The van der Waals surface area contributed by atoms with E-state index in [4.69, 9.17) is 0 Å². The lowest BCUT2D eigenvalue weighted by molar-refractivity contribution is 0.581. The summed E-state index contributed by atoms with van der Waals surface area (Å²) >= 11 is 1.64. The van der Waals surface area contributed by atoms with Gasteiger partial charge in [-0.3, -0.25) is 4.99 Å². The van der Waals surface area contributed by atoms with Crippen LogP contribution in [-0.2, 0) is 16.4 Å². The monoisotopic (exact) mass is 318 g/mol. The van der Waals surface area contributed by atoms with Crippen molar-refractivity contribution in [3.05, 3.63) is 16.1 Å². The largest absolute Gasteiger partial charge is 0.354 e. The van der Waals surface area contributed by atoms with Gasteiger partial charge >= 0.3 is 0 Å². The Bertz CT molecular complexity index is 552. The van der Waals surface area contributed by atoms with E-state index in [2.05, 4.69) is 20.6 Å². The molecule has 6 nitrogen and oxygen atoms in total. The van der Waals surface area contributed by atoms with Gasteiger partial charge in [0.15, 0.2) is 5.96 Å². The van der Waals surface area contributed by atoms with Gasteiger partial charge in [-0.15, -0.1) is 11.3 Å². The molecule has 1 aromatic heterocycles. The Labute approximate surface area is 124 Å². The van der Waals surface area contributed by atoms with Crippen molar-refractivity contribution in [3.8, 4) is 0 Å². The fraction of sp³-hybridized carbons (Fsp3) is 0.667. The second-order valence-corrected chi connectivity index (χ2v) is 8.33. The number of nitrogens with one attached hydrogen (secondary N) is 2.